The third kappa shape index (κ3) is 5.22. The van der Waals surface area contributed by atoms with Crippen molar-refractivity contribution >= 4 is 17.5 Å². The third-order valence-corrected chi connectivity index (χ3v) is 5.12. The topological polar surface area (TPSA) is 73.3 Å². The number of hydrogen-bond acceptors (Lipinski definition) is 5. The van der Waals surface area contributed by atoms with Crippen molar-refractivity contribution in [2.24, 2.45) is 0 Å². The lowest BCUT2D eigenvalue weighted by atomic mass is 10.1. The van der Waals surface area contributed by atoms with Crippen LogP contribution in [0.2, 0.25) is 5.02 Å². The van der Waals surface area contributed by atoms with Crippen molar-refractivity contribution in [3.8, 4) is 28.6 Å². The molecular formula is C25H20ClN3O3. The Morgan fingerprint density at radius 3 is 2.34 bits per heavy atom. The molecule has 6 nitrogen and oxygen atoms in total. The Morgan fingerprint density at radius 2 is 1.62 bits per heavy atom. The summed E-state index contributed by atoms with van der Waals surface area (Å²) in [4.78, 5) is 21.0. The minimum atomic E-state index is -0.172. The van der Waals surface area contributed by atoms with E-state index in [4.69, 9.17) is 21.1 Å². The number of hydrogen-bond donors (Lipinski definition) is 1. The van der Waals surface area contributed by atoms with Crippen LogP contribution in [0.25, 0.3) is 11.1 Å². The Kier molecular flexibility index (Phi) is 6.63. The van der Waals surface area contributed by atoms with Crippen molar-refractivity contribution in [3.63, 3.8) is 0 Å². The number of rotatable bonds is 7. The number of aromatic nitrogens is 2. The van der Waals surface area contributed by atoms with Crippen LogP contribution in [0, 0.1) is 0 Å². The molecule has 1 amide bonds. The fourth-order valence-corrected chi connectivity index (χ4v) is 3.22. The summed E-state index contributed by atoms with van der Waals surface area (Å²) in [6, 6.07) is 22.1. The van der Waals surface area contributed by atoms with Crippen molar-refractivity contribution in [3.05, 3.63) is 101 Å². The molecule has 0 spiro atoms. The minimum Gasteiger partial charge on any atom is -0.497 e. The van der Waals surface area contributed by atoms with Crippen LogP contribution in [0.4, 0.5) is 0 Å². The van der Waals surface area contributed by atoms with Crippen molar-refractivity contribution in [2.45, 2.75) is 6.54 Å². The minimum absolute atomic E-state index is 0.172. The highest BCUT2D eigenvalue weighted by atomic mass is 35.5. The van der Waals surface area contributed by atoms with Gasteiger partial charge in [-0.2, -0.15) is 0 Å². The maximum atomic E-state index is 12.4. The van der Waals surface area contributed by atoms with Crippen molar-refractivity contribution in [2.75, 3.05) is 7.11 Å². The summed E-state index contributed by atoms with van der Waals surface area (Å²) in [6.45, 7) is 0.364. The van der Waals surface area contributed by atoms with Crippen LogP contribution >= 0.6 is 11.6 Å². The van der Waals surface area contributed by atoms with Crippen LogP contribution in [-0.4, -0.2) is 23.0 Å². The monoisotopic (exact) mass is 445 g/mol. The predicted octanol–water partition coefficient (Wildman–Crippen LogP) is 5.53. The van der Waals surface area contributed by atoms with E-state index in [0.717, 1.165) is 16.7 Å². The third-order valence-electron chi connectivity index (χ3n) is 4.76. The molecule has 0 fully saturated rings. The first-order chi connectivity index (χ1) is 15.6. The molecule has 0 saturated heterocycles. The Labute approximate surface area is 190 Å². The summed E-state index contributed by atoms with van der Waals surface area (Å²) < 4.78 is 10.9. The highest BCUT2D eigenvalue weighted by Crippen LogP contribution is 2.24. The van der Waals surface area contributed by atoms with Crippen LogP contribution < -0.4 is 14.8 Å². The number of methoxy groups -OCH3 is 1. The lowest BCUT2D eigenvalue weighted by molar-refractivity contribution is 0.0951. The van der Waals surface area contributed by atoms with E-state index in [0.29, 0.717) is 28.6 Å². The molecule has 0 atom stereocenters. The van der Waals surface area contributed by atoms with Gasteiger partial charge < -0.3 is 14.8 Å². The van der Waals surface area contributed by atoms with Gasteiger partial charge in [0.1, 0.15) is 11.5 Å². The average molecular weight is 446 g/mol. The number of amides is 1. The van der Waals surface area contributed by atoms with Gasteiger partial charge in [0, 0.05) is 41.2 Å². The lowest BCUT2D eigenvalue weighted by Gasteiger charge is -2.08. The number of ether oxygens (including phenoxy) is 2. The Bertz CT molecular complexity index is 1210. The van der Waals surface area contributed by atoms with E-state index in [1.165, 1.54) is 0 Å². The number of nitrogens with zero attached hydrogens (tertiary/aromatic N) is 2. The average Bonchev–Trinajstić information content (AvgIpc) is 2.84. The molecule has 160 valence electrons. The van der Waals surface area contributed by atoms with Gasteiger partial charge in [0.25, 0.3) is 5.91 Å². The normalized spacial score (nSPS) is 10.4. The van der Waals surface area contributed by atoms with Crippen LogP contribution in [-0.2, 0) is 6.54 Å². The Balaban J connectivity index is 1.39. The molecule has 1 aromatic heterocycles. The van der Waals surface area contributed by atoms with E-state index < -0.39 is 0 Å². The largest absolute Gasteiger partial charge is 0.497 e. The van der Waals surface area contributed by atoms with Gasteiger partial charge in [0.2, 0.25) is 0 Å². The highest BCUT2D eigenvalue weighted by molar-refractivity contribution is 6.31. The van der Waals surface area contributed by atoms with Crippen LogP contribution in [0.15, 0.2) is 85.2 Å². The number of nitrogens with one attached hydrogen (secondary N) is 1. The summed E-state index contributed by atoms with van der Waals surface area (Å²) in [7, 11) is 1.60. The fraction of sp³-hybridized carbons (Fsp3) is 0.0800. The molecule has 1 N–H and O–H groups in total. The van der Waals surface area contributed by atoms with E-state index in [9.17, 15) is 4.79 Å². The highest BCUT2D eigenvalue weighted by Gasteiger charge is 2.08. The zero-order valence-corrected chi connectivity index (χ0v) is 18.0. The van der Waals surface area contributed by atoms with Crippen LogP contribution in [0.3, 0.4) is 0 Å². The lowest BCUT2D eigenvalue weighted by Crippen LogP contribution is -2.22. The summed E-state index contributed by atoms with van der Waals surface area (Å²) in [6.07, 6.45) is 3.35. The molecule has 0 bridgehead atoms. The second-order valence-corrected chi connectivity index (χ2v) is 7.29. The van der Waals surface area contributed by atoms with E-state index >= 15 is 0 Å². The van der Waals surface area contributed by atoms with Gasteiger partial charge in [-0.1, -0.05) is 48.0 Å². The van der Waals surface area contributed by atoms with Gasteiger partial charge >= 0.3 is 6.01 Å². The first-order valence-electron chi connectivity index (χ1n) is 9.88. The number of halogens is 1. The first-order valence-corrected chi connectivity index (χ1v) is 10.3. The molecule has 0 aliphatic carbocycles. The second-order valence-electron chi connectivity index (χ2n) is 6.89. The zero-order chi connectivity index (χ0) is 22.3. The molecule has 0 unspecified atom stereocenters. The van der Waals surface area contributed by atoms with Crippen molar-refractivity contribution < 1.29 is 14.3 Å². The maximum Gasteiger partial charge on any atom is 0.321 e. The van der Waals surface area contributed by atoms with E-state index in [1.54, 1.807) is 49.8 Å². The molecule has 1 heterocycles. The molecule has 7 heteroatoms. The van der Waals surface area contributed by atoms with Gasteiger partial charge in [-0.3, -0.25) is 4.79 Å². The maximum absolute atomic E-state index is 12.4. The molecular weight excluding hydrogens is 426 g/mol. The Morgan fingerprint density at radius 1 is 0.906 bits per heavy atom. The number of benzene rings is 3. The van der Waals surface area contributed by atoms with E-state index in [-0.39, 0.29) is 11.9 Å². The summed E-state index contributed by atoms with van der Waals surface area (Å²) in [5, 5.41) is 3.51. The predicted molar refractivity (Wildman–Crippen MR) is 123 cm³/mol. The van der Waals surface area contributed by atoms with Gasteiger partial charge in [-0.15, -0.1) is 0 Å². The van der Waals surface area contributed by atoms with Crippen molar-refractivity contribution in [1.29, 1.82) is 0 Å². The summed E-state index contributed by atoms with van der Waals surface area (Å²) in [5.74, 6) is 1.11. The standard InChI is InChI=1S/C25H20ClN3O3/c1-31-21-6-4-7-22(13-21)32-25-28-15-20(16-29-25)17-9-11-18(12-10-17)24(30)27-14-19-5-2-3-8-23(19)26/h2-13,15-16H,14H2,1H3,(H,27,30). The van der Waals surface area contributed by atoms with E-state index in [1.807, 2.05) is 42.5 Å². The van der Waals surface area contributed by atoms with Crippen LogP contribution in [0.5, 0.6) is 17.5 Å². The van der Waals surface area contributed by atoms with E-state index in [2.05, 4.69) is 15.3 Å². The molecule has 32 heavy (non-hydrogen) atoms. The molecule has 4 aromatic rings. The molecule has 3 aromatic carbocycles. The smallest absolute Gasteiger partial charge is 0.321 e. The zero-order valence-electron chi connectivity index (χ0n) is 17.3. The molecule has 0 radical (unpaired) electrons. The molecule has 4 rings (SSSR count). The molecule has 0 aliphatic heterocycles. The van der Waals surface area contributed by atoms with Gasteiger partial charge in [0.05, 0.1) is 7.11 Å². The summed E-state index contributed by atoms with van der Waals surface area (Å²) >= 11 is 6.13. The second kappa shape index (κ2) is 9.94. The molecule has 0 aliphatic rings. The fourth-order valence-electron chi connectivity index (χ4n) is 3.02. The summed E-state index contributed by atoms with van der Waals surface area (Å²) in [5.41, 5.74) is 3.12. The Hall–Kier alpha value is -3.90. The van der Waals surface area contributed by atoms with Gasteiger partial charge in [0.15, 0.2) is 0 Å². The SMILES string of the molecule is COc1cccc(Oc2ncc(-c3ccc(C(=O)NCc4ccccc4Cl)cc3)cn2)c1. The number of carbonyl (C=O) groups excluding carboxylic acids is 1. The van der Waals surface area contributed by atoms with Crippen LogP contribution in [0.1, 0.15) is 15.9 Å². The molecule has 0 saturated carbocycles. The van der Waals surface area contributed by atoms with Crippen molar-refractivity contribution in [1.82, 2.24) is 15.3 Å². The number of carbonyl (C=O) groups is 1. The van der Waals surface area contributed by atoms with Gasteiger partial charge in [-0.05, 0) is 41.5 Å². The van der Waals surface area contributed by atoms with Gasteiger partial charge in [-0.25, -0.2) is 9.97 Å². The quantitative estimate of drug-likeness (QED) is 0.405. The first kappa shape index (κ1) is 21.3.